The number of nitrogens with one attached hydrogen (secondary N) is 1. The first kappa shape index (κ1) is 16.1. The zero-order chi connectivity index (χ0) is 15.0. The Morgan fingerprint density at radius 1 is 1.15 bits per heavy atom. The number of esters is 1. The van der Waals surface area contributed by atoms with Gasteiger partial charge in [0.2, 0.25) is 17.7 Å². The smallest absolute Gasteiger partial charge is 0.325 e. The second kappa shape index (κ2) is 8.29. The van der Waals surface area contributed by atoms with E-state index in [4.69, 9.17) is 0 Å². The van der Waals surface area contributed by atoms with Crippen LogP contribution in [0.25, 0.3) is 0 Å². The summed E-state index contributed by atoms with van der Waals surface area (Å²) in [5.74, 6) is -0.898. The minimum Gasteiger partial charge on any atom is -0.468 e. The predicted molar refractivity (Wildman–Crippen MR) is 69.4 cm³/mol. The van der Waals surface area contributed by atoms with Crippen LogP contribution in [0.2, 0.25) is 0 Å². The second-order valence-corrected chi connectivity index (χ2v) is 4.60. The molecule has 0 atom stereocenters. The van der Waals surface area contributed by atoms with Gasteiger partial charge < -0.3 is 10.1 Å². The molecule has 1 N–H and O–H groups in total. The molecule has 0 bridgehead atoms. The summed E-state index contributed by atoms with van der Waals surface area (Å²) in [4.78, 5) is 46.1. The summed E-state index contributed by atoms with van der Waals surface area (Å²) in [6.07, 6.45) is 3.05. The SMILES string of the molecule is COC(=O)CNC(=O)CCCCCN1C(=O)CCC1=O. The van der Waals surface area contributed by atoms with Gasteiger partial charge in [0, 0.05) is 25.8 Å². The van der Waals surface area contributed by atoms with Crippen LogP contribution in [0.15, 0.2) is 0 Å². The van der Waals surface area contributed by atoms with Gasteiger partial charge >= 0.3 is 5.97 Å². The Morgan fingerprint density at radius 3 is 2.40 bits per heavy atom. The molecule has 1 rings (SSSR count). The van der Waals surface area contributed by atoms with E-state index in [-0.39, 0.29) is 24.3 Å². The molecule has 0 saturated carbocycles. The van der Waals surface area contributed by atoms with Crippen LogP contribution in [0, 0.1) is 0 Å². The van der Waals surface area contributed by atoms with Crippen LogP contribution in [0.4, 0.5) is 0 Å². The fourth-order valence-electron chi connectivity index (χ4n) is 1.94. The first-order valence-corrected chi connectivity index (χ1v) is 6.71. The lowest BCUT2D eigenvalue weighted by atomic mass is 10.2. The third-order valence-electron chi connectivity index (χ3n) is 3.10. The van der Waals surface area contributed by atoms with Crippen molar-refractivity contribution in [3.8, 4) is 0 Å². The summed E-state index contributed by atoms with van der Waals surface area (Å²) in [7, 11) is 1.26. The average Bonchev–Trinajstić information content (AvgIpc) is 2.75. The highest BCUT2D eigenvalue weighted by atomic mass is 16.5. The highest BCUT2D eigenvalue weighted by molar-refractivity contribution is 6.01. The number of imide groups is 1. The van der Waals surface area contributed by atoms with Gasteiger partial charge in [0.1, 0.15) is 6.54 Å². The zero-order valence-electron chi connectivity index (χ0n) is 11.6. The van der Waals surface area contributed by atoms with Crippen LogP contribution >= 0.6 is 0 Å². The number of likely N-dealkylation sites (tertiary alicyclic amines) is 1. The van der Waals surface area contributed by atoms with Gasteiger partial charge in [-0.1, -0.05) is 6.42 Å². The number of carbonyl (C=O) groups is 4. The molecule has 7 heteroatoms. The normalized spacial score (nSPS) is 14.6. The zero-order valence-corrected chi connectivity index (χ0v) is 11.6. The number of amides is 3. The Hall–Kier alpha value is -1.92. The summed E-state index contributed by atoms with van der Waals surface area (Å²) in [5, 5.41) is 2.45. The van der Waals surface area contributed by atoms with Gasteiger partial charge in [-0.15, -0.1) is 0 Å². The molecule has 3 amide bonds. The lowest BCUT2D eigenvalue weighted by Crippen LogP contribution is -2.30. The average molecular weight is 284 g/mol. The van der Waals surface area contributed by atoms with Crippen molar-refractivity contribution in [3.63, 3.8) is 0 Å². The van der Waals surface area contributed by atoms with Gasteiger partial charge in [-0.05, 0) is 12.8 Å². The van der Waals surface area contributed by atoms with Crippen LogP contribution in [0.3, 0.4) is 0 Å². The molecule has 1 aliphatic rings. The van der Waals surface area contributed by atoms with E-state index in [0.29, 0.717) is 38.6 Å². The van der Waals surface area contributed by atoms with Crippen LogP contribution < -0.4 is 5.32 Å². The molecule has 0 aromatic rings. The first-order chi connectivity index (χ1) is 9.54. The highest BCUT2D eigenvalue weighted by Crippen LogP contribution is 2.13. The molecule has 1 aliphatic heterocycles. The molecular formula is C13H20N2O5. The van der Waals surface area contributed by atoms with Gasteiger partial charge in [0.25, 0.3) is 0 Å². The fraction of sp³-hybridized carbons (Fsp3) is 0.692. The van der Waals surface area contributed by atoms with Crippen LogP contribution in [0.5, 0.6) is 0 Å². The molecule has 1 saturated heterocycles. The van der Waals surface area contributed by atoms with Crippen LogP contribution in [-0.4, -0.2) is 48.8 Å². The number of nitrogens with zero attached hydrogens (tertiary/aromatic N) is 1. The van der Waals surface area contributed by atoms with Crippen molar-refractivity contribution >= 4 is 23.7 Å². The van der Waals surface area contributed by atoms with Crippen LogP contribution in [0.1, 0.15) is 38.5 Å². The molecule has 0 aromatic heterocycles. The summed E-state index contributed by atoms with van der Waals surface area (Å²) >= 11 is 0. The van der Waals surface area contributed by atoms with Crippen molar-refractivity contribution in [2.45, 2.75) is 38.5 Å². The summed E-state index contributed by atoms with van der Waals surface area (Å²) in [6, 6.07) is 0. The Balaban J connectivity index is 2.04. The van der Waals surface area contributed by atoms with E-state index in [1.165, 1.54) is 12.0 Å². The van der Waals surface area contributed by atoms with Crippen molar-refractivity contribution in [1.82, 2.24) is 10.2 Å². The molecule has 0 unspecified atom stereocenters. The van der Waals surface area contributed by atoms with Crippen LogP contribution in [-0.2, 0) is 23.9 Å². The molecule has 20 heavy (non-hydrogen) atoms. The highest BCUT2D eigenvalue weighted by Gasteiger charge is 2.27. The van der Waals surface area contributed by atoms with E-state index in [0.717, 1.165) is 6.42 Å². The molecule has 0 radical (unpaired) electrons. The third kappa shape index (κ3) is 5.38. The maximum atomic E-state index is 11.3. The van der Waals surface area contributed by atoms with E-state index in [1.807, 2.05) is 0 Å². The molecular weight excluding hydrogens is 264 g/mol. The minimum atomic E-state index is -0.482. The number of methoxy groups -OCH3 is 1. The predicted octanol–water partition coefficient (Wildman–Crippen LogP) is -0.0150. The second-order valence-electron chi connectivity index (χ2n) is 4.60. The molecule has 112 valence electrons. The molecule has 0 spiro atoms. The quantitative estimate of drug-likeness (QED) is 0.384. The van der Waals surface area contributed by atoms with Gasteiger partial charge in [-0.25, -0.2) is 0 Å². The van der Waals surface area contributed by atoms with Gasteiger partial charge in [0.15, 0.2) is 0 Å². The summed E-state index contributed by atoms with van der Waals surface area (Å²) in [5.41, 5.74) is 0. The van der Waals surface area contributed by atoms with E-state index >= 15 is 0 Å². The van der Waals surface area contributed by atoms with Crippen molar-refractivity contribution < 1.29 is 23.9 Å². The maximum absolute atomic E-state index is 11.3. The standard InChI is InChI=1S/C13H20N2O5/c1-20-13(19)9-14-10(16)5-3-2-4-8-15-11(17)6-7-12(15)18/h2-9H2,1H3,(H,14,16). The lowest BCUT2D eigenvalue weighted by Gasteiger charge is -2.12. The third-order valence-corrected chi connectivity index (χ3v) is 3.10. The number of ether oxygens (including phenoxy) is 1. The van der Waals surface area contributed by atoms with Crippen molar-refractivity contribution in [1.29, 1.82) is 0 Å². The molecule has 1 fully saturated rings. The van der Waals surface area contributed by atoms with Gasteiger partial charge in [0.05, 0.1) is 7.11 Å². The Bertz CT molecular complexity index is 378. The fourth-order valence-corrected chi connectivity index (χ4v) is 1.94. The summed E-state index contributed by atoms with van der Waals surface area (Å²) in [6.45, 7) is 0.313. The van der Waals surface area contributed by atoms with E-state index in [2.05, 4.69) is 10.1 Å². The number of rotatable bonds is 8. The Kier molecular flexibility index (Phi) is 6.69. The number of carbonyl (C=O) groups excluding carboxylic acids is 4. The number of unbranched alkanes of at least 4 members (excludes halogenated alkanes) is 2. The molecule has 0 aromatic carbocycles. The van der Waals surface area contributed by atoms with E-state index < -0.39 is 5.97 Å². The van der Waals surface area contributed by atoms with Crippen molar-refractivity contribution in [2.75, 3.05) is 20.2 Å². The largest absolute Gasteiger partial charge is 0.468 e. The molecule has 7 nitrogen and oxygen atoms in total. The molecule has 0 aliphatic carbocycles. The monoisotopic (exact) mass is 284 g/mol. The minimum absolute atomic E-state index is 0.106. The van der Waals surface area contributed by atoms with Gasteiger partial charge in [-0.2, -0.15) is 0 Å². The van der Waals surface area contributed by atoms with Gasteiger partial charge in [-0.3, -0.25) is 24.1 Å². The first-order valence-electron chi connectivity index (χ1n) is 6.71. The lowest BCUT2D eigenvalue weighted by molar-refractivity contribution is -0.141. The number of hydrogen-bond acceptors (Lipinski definition) is 5. The molecule has 1 heterocycles. The maximum Gasteiger partial charge on any atom is 0.325 e. The topological polar surface area (TPSA) is 92.8 Å². The number of hydrogen-bond donors (Lipinski definition) is 1. The summed E-state index contributed by atoms with van der Waals surface area (Å²) < 4.78 is 4.40. The van der Waals surface area contributed by atoms with E-state index in [9.17, 15) is 19.2 Å². The Labute approximate surface area is 117 Å². The van der Waals surface area contributed by atoms with Crippen molar-refractivity contribution in [2.24, 2.45) is 0 Å². The Morgan fingerprint density at radius 2 is 1.80 bits per heavy atom. The van der Waals surface area contributed by atoms with E-state index in [1.54, 1.807) is 0 Å². The van der Waals surface area contributed by atoms with Crippen molar-refractivity contribution in [3.05, 3.63) is 0 Å².